The average molecular weight is 372 g/mol. The maximum atomic E-state index is 12.9. The summed E-state index contributed by atoms with van der Waals surface area (Å²) >= 11 is 0. The minimum atomic E-state index is 0.179. The van der Waals surface area contributed by atoms with Crippen LogP contribution in [0.25, 0.3) is 11.0 Å². The fraction of sp³-hybridized carbons (Fsp3) is 0.667. The number of fused-ring (bicyclic) bond motifs is 1. The van der Waals surface area contributed by atoms with Crippen LogP contribution in [0.3, 0.4) is 0 Å². The van der Waals surface area contributed by atoms with E-state index in [-0.39, 0.29) is 18.0 Å². The molecule has 0 aliphatic carbocycles. The Bertz CT molecular complexity index is 826. The van der Waals surface area contributed by atoms with E-state index in [0.29, 0.717) is 25.3 Å². The Labute approximate surface area is 162 Å². The Morgan fingerprint density at radius 3 is 2.78 bits per heavy atom. The maximum Gasteiger partial charge on any atom is 0.223 e. The van der Waals surface area contributed by atoms with Gasteiger partial charge in [-0.1, -0.05) is 6.92 Å². The molecule has 6 heteroatoms. The summed E-state index contributed by atoms with van der Waals surface area (Å²) in [6.07, 6.45) is 5.36. The summed E-state index contributed by atoms with van der Waals surface area (Å²) in [5, 5.41) is 5.59. The minimum absolute atomic E-state index is 0.179. The van der Waals surface area contributed by atoms with Gasteiger partial charge >= 0.3 is 0 Å². The fourth-order valence-corrected chi connectivity index (χ4v) is 4.43. The number of amides is 1. The molecule has 1 aliphatic rings. The highest BCUT2D eigenvalue weighted by Gasteiger charge is 2.30. The van der Waals surface area contributed by atoms with Crippen LogP contribution in [0.4, 0.5) is 0 Å². The van der Waals surface area contributed by atoms with Gasteiger partial charge in [0.25, 0.3) is 0 Å². The van der Waals surface area contributed by atoms with Crippen LogP contribution in [-0.4, -0.2) is 44.7 Å². The molecule has 0 saturated carbocycles. The van der Waals surface area contributed by atoms with E-state index in [1.807, 2.05) is 22.7 Å². The summed E-state index contributed by atoms with van der Waals surface area (Å²) in [6, 6.07) is 0.453. The molecule has 2 aromatic heterocycles. The lowest BCUT2D eigenvalue weighted by molar-refractivity contribution is -0.136. The predicted molar refractivity (Wildman–Crippen MR) is 109 cm³/mol. The number of likely N-dealkylation sites (tertiary alicyclic amines) is 1. The number of nitrogens with zero attached hydrogens (tertiary/aromatic N) is 4. The summed E-state index contributed by atoms with van der Waals surface area (Å²) in [4.78, 5) is 19.7. The second-order valence-corrected chi connectivity index (χ2v) is 8.23. The maximum absolute atomic E-state index is 12.9. The molecule has 0 spiro atoms. The van der Waals surface area contributed by atoms with Crippen LogP contribution >= 0.6 is 0 Å². The molecule has 0 unspecified atom stereocenters. The normalized spacial score (nSPS) is 20.6. The van der Waals surface area contributed by atoms with E-state index in [1.165, 1.54) is 11.1 Å². The van der Waals surface area contributed by atoms with E-state index in [9.17, 15) is 4.79 Å². The molecule has 1 fully saturated rings. The van der Waals surface area contributed by atoms with Crippen molar-refractivity contribution in [2.24, 2.45) is 11.7 Å². The molecule has 0 radical (unpaired) electrons. The molecule has 2 N–H and O–H groups in total. The number of aryl methyl sites for hydroxylation is 2. The van der Waals surface area contributed by atoms with E-state index in [0.717, 1.165) is 36.1 Å². The van der Waals surface area contributed by atoms with Gasteiger partial charge in [-0.2, -0.15) is 5.10 Å². The van der Waals surface area contributed by atoms with E-state index in [1.54, 1.807) is 0 Å². The third-order valence-electron chi connectivity index (χ3n) is 6.09. The average Bonchev–Trinajstić information content (AvgIpc) is 3.05. The standard InChI is InChI=1S/C21H33N5O/c1-13(2)26-21-18(12-23-26)15(4)17(16(5)24-21)8-9-20(27)25-10-6-7-14(3)19(25)11-22/h12-14,19H,6-11,22H2,1-5H3/t14-,19-/m0/s1. The van der Waals surface area contributed by atoms with Crippen LogP contribution in [0.2, 0.25) is 0 Å². The van der Waals surface area contributed by atoms with Gasteiger partial charge in [-0.3, -0.25) is 4.79 Å². The van der Waals surface area contributed by atoms with Crippen molar-refractivity contribution >= 4 is 16.9 Å². The Morgan fingerprint density at radius 1 is 1.37 bits per heavy atom. The quantitative estimate of drug-likeness (QED) is 0.876. The van der Waals surface area contributed by atoms with Gasteiger partial charge in [0, 0.05) is 42.7 Å². The van der Waals surface area contributed by atoms with E-state index < -0.39 is 0 Å². The smallest absolute Gasteiger partial charge is 0.223 e. The number of carbonyl (C=O) groups excluding carboxylic acids is 1. The molecule has 27 heavy (non-hydrogen) atoms. The summed E-state index contributed by atoms with van der Waals surface area (Å²) in [5.41, 5.74) is 10.3. The molecule has 2 aromatic rings. The van der Waals surface area contributed by atoms with E-state index in [2.05, 4.69) is 32.8 Å². The zero-order valence-corrected chi connectivity index (χ0v) is 17.3. The highest BCUT2D eigenvalue weighted by atomic mass is 16.2. The molecule has 0 aromatic carbocycles. The van der Waals surface area contributed by atoms with E-state index >= 15 is 0 Å². The SMILES string of the molecule is Cc1nc2c(cnn2C(C)C)c(C)c1CCC(=O)N1CCC[C@H](C)[C@@H]1CN. The predicted octanol–water partition coefficient (Wildman–Crippen LogP) is 3.15. The van der Waals surface area contributed by atoms with Crippen molar-refractivity contribution in [3.63, 3.8) is 0 Å². The first kappa shape index (κ1) is 19.8. The third kappa shape index (κ3) is 3.72. The highest BCUT2D eigenvalue weighted by Crippen LogP contribution is 2.27. The zero-order chi connectivity index (χ0) is 19.7. The topological polar surface area (TPSA) is 77.0 Å². The molecule has 1 saturated heterocycles. The number of carbonyl (C=O) groups is 1. The molecular weight excluding hydrogens is 338 g/mol. The van der Waals surface area contributed by atoms with Crippen molar-refractivity contribution in [1.29, 1.82) is 0 Å². The van der Waals surface area contributed by atoms with Crippen LogP contribution in [0.15, 0.2) is 6.20 Å². The molecule has 2 atom stereocenters. The van der Waals surface area contributed by atoms with Crippen molar-refractivity contribution < 1.29 is 4.79 Å². The first-order chi connectivity index (χ1) is 12.8. The van der Waals surface area contributed by atoms with Crippen molar-refractivity contribution in [1.82, 2.24) is 19.7 Å². The van der Waals surface area contributed by atoms with Gasteiger partial charge < -0.3 is 10.6 Å². The van der Waals surface area contributed by atoms with Crippen LogP contribution in [0, 0.1) is 19.8 Å². The summed E-state index contributed by atoms with van der Waals surface area (Å²) in [7, 11) is 0. The van der Waals surface area contributed by atoms with Crippen molar-refractivity contribution in [3.8, 4) is 0 Å². The van der Waals surface area contributed by atoms with Crippen molar-refractivity contribution in [3.05, 3.63) is 23.0 Å². The van der Waals surface area contributed by atoms with Gasteiger partial charge in [-0.15, -0.1) is 0 Å². The first-order valence-corrected chi connectivity index (χ1v) is 10.2. The number of hydrogen-bond acceptors (Lipinski definition) is 4. The second kappa shape index (κ2) is 7.97. The molecule has 3 heterocycles. The van der Waals surface area contributed by atoms with Gasteiger partial charge in [0.2, 0.25) is 5.91 Å². The number of nitrogens with two attached hydrogens (primary N) is 1. The molecule has 0 bridgehead atoms. The Kier molecular flexibility index (Phi) is 5.84. The lowest BCUT2D eigenvalue weighted by Crippen LogP contribution is -2.51. The summed E-state index contributed by atoms with van der Waals surface area (Å²) in [6.45, 7) is 12.0. The number of rotatable bonds is 5. The van der Waals surface area contributed by atoms with Crippen molar-refractivity contribution in [2.45, 2.75) is 72.4 Å². The lowest BCUT2D eigenvalue weighted by atomic mass is 9.90. The van der Waals surface area contributed by atoms with Crippen LogP contribution in [0.5, 0.6) is 0 Å². The molecule has 6 nitrogen and oxygen atoms in total. The van der Waals surface area contributed by atoms with Crippen molar-refractivity contribution in [2.75, 3.05) is 13.1 Å². The minimum Gasteiger partial charge on any atom is -0.338 e. The van der Waals surface area contributed by atoms with Gasteiger partial charge in [-0.25, -0.2) is 9.67 Å². The fourth-order valence-electron chi connectivity index (χ4n) is 4.43. The Balaban J connectivity index is 1.80. The first-order valence-electron chi connectivity index (χ1n) is 10.2. The van der Waals surface area contributed by atoms with Gasteiger partial charge in [0.15, 0.2) is 5.65 Å². The summed E-state index contributed by atoms with van der Waals surface area (Å²) in [5.74, 6) is 0.699. The third-order valence-corrected chi connectivity index (χ3v) is 6.09. The van der Waals surface area contributed by atoms with E-state index in [4.69, 9.17) is 10.7 Å². The Hall–Kier alpha value is -1.95. The zero-order valence-electron chi connectivity index (χ0n) is 17.3. The second-order valence-electron chi connectivity index (χ2n) is 8.23. The van der Waals surface area contributed by atoms with Gasteiger partial charge in [-0.05, 0) is 64.0 Å². The molecule has 1 amide bonds. The lowest BCUT2D eigenvalue weighted by Gasteiger charge is -2.39. The Morgan fingerprint density at radius 2 is 2.11 bits per heavy atom. The number of aromatic nitrogens is 3. The number of piperidine rings is 1. The highest BCUT2D eigenvalue weighted by molar-refractivity contribution is 5.81. The van der Waals surface area contributed by atoms with Gasteiger partial charge in [0.05, 0.1) is 6.20 Å². The summed E-state index contributed by atoms with van der Waals surface area (Å²) < 4.78 is 1.96. The van der Waals surface area contributed by atoms with Gasteiger partial charge in [0.1, 0.15) is 0 Å². The number of hydrogen-bond donors (Lipinski definition) is 1. The largest absolute Gasteiger partial charge is 0.338 e. The van der Waals surface area contributed by atoms with Crippen LogP contribution in [0.1, 0.15) is 62.9 Å². The monoisotopic (exact) mass is 371 g/mol. The van der Waals surface area contributed by atoms with Crippen LogP contribution < -0.4 is 5.73 Å². The molecule has 3 rings (SSSR count). The molecule has 1 aliphatic heterocycles. The molecular formula is C21H33N5O. The van der Waals surface area contributed by atoms with Crippen LogP contribution in [-0.2, 0) is 11.2 Å². The number of pyridine rings is 1. The molecule has 148 valence electrons.